The van der Waals surface area contributed by atoms with Crippen molar-refractivity contribution in [2.45, 2.75) is 19.9 Å². The highest BCUT2D eigenvalue weighted by molar-refractivity contribution is 14.1. The molecule has 5 heteroatoms. The zero-order chi connectivity index (χ0) is 11.8. The maximum Gasteiger partial charge on any atom is 0.407 e. The topological polar surface area (TPSA) is 38.3 Å². The molecule has 1 amide bonds. The summed E-state index contributed by atoms with van der Waals surface area (Å²) in [4.78, 5) is 11.3. The van der Waals surface area contributed by atoms with Crippen molar-refractivity contribution in [1.29, 1.82) is 0 Å². The van der Waals surface area contributed by atoms with Gasteiger partial charge in [-0.2, -0.15) is 0 Å². The second-order valence-corrected chi connectivity index (χ2v) is 5.94. The van der Waals surface area contributed by atoms with Gasteiger partial charge in [0, 0.05) is 8.99 Å². The van der Waals surface area contributed by atoms with Crippen LogP contribution in [0.5, 0.6) is 0 Å². The minimum Gasteiger partial charge on any atom is -0.449 e. The van der Waals surface area contributed by atoms with Gasteiger partial charge in [-0.1, -0.05) is 26.0 Å². The van der Waals surface area contributed by atoms with Crippen LogP contribution in [-0.2, 0) is 4.74 Å². The van der Waals surface area contributed by atoms with Gasteiger partial charge in [-0.15, -0.1) is 12.4 Å². The van der Waals surface area contributed by atoms with Crippen LogP contribution in [0.3, 0.4) is 0 Å². The van der Waals surface area contributed by atoms with E-state index in [1.54, 1.807) is 0 Å². The summed E-state index contributed by atoms with van der Waals surface area (Å²) in [6.07, 6.45) is -0.331. The monoisotopic (exact) mass is 367 g/mol. The lowest BCUT2D eigenvalue weighted by molar-refractivity contribution is 0.0387. The average molecular weight is 368 g/mol. The van der Waals surface area contributed by atoms with E-state index in [1.165, 1.54) is 3.57 Å². The molecular formula is C12H15ClINO2. The van der Waals surface area contributed by atoms with Crippen molar-refractivity contribution >= 4 is 41.1 Å². The zero-order valence-corrected chi connectivity index (χ0v) is 12.7. The Labute approximate surface area is 121 Å². The van der Waals surface area contributed by atoms with Gasteiger partial charge in [-0.3, -0.25) is 0 Å². The van der Waals surface area contributed by atoms with Gasteiger partial charge in [0.2, 0.25) is 0 Å². The smallest absolute Gasteiger partial charge is 0.407 e. The Balaban J connectivity index is 0.00000144. The molecule has 0 aromatic heterocycles. The normalized spacial score (nSPS) is 22.1. The number of carbonyl (C=O) groups excluding carboxylic acids is 1. The molecule has 1 aromatic carbocycles. The molecule has 2 rings (SSSR count). The van der Waals surface area contributed by atoms with Crippen LogP contribution in [-0.4, -0.2) is 12.7 Å². The zero-order valence-electron chi connectivity index (χ0n) is 9.70. The number of rotatable bonds is 1. The van der Waals surface area contributed by atoms with Gasteiger partial charge < -0.3 is 10.1 Å². The van der Waals surface area contributed by atoms with Crippen molar-refractivity contribution in [3.8, 4) is 0 Å². The molecule has 1 heterocycles. The van der Waals surface area contributed by atoms with E-state index in [0.29, 0.717) is 6.61 Å². The molecule has 0 spiro atoms. The fraction of sp³-hybridized carbons (Fsp3) is 0.417. The molecule has 1 saturated heterocycles. The number of benzene rings is 1. The Hall–Kier alpha value is -0.490. The Kier molecular flexibility index (Phi) is 4.66. The van der Waals surface area contributed by atoms with Crippen LogP contribution in [0.4, 0.5) is 4.79 Å². The fourth-order valence-electron chi connectivity index (χ4n) is 1.88. The van der Waals surface area contributed by atoms with Crippen LogP contribution in [0.25, 0.3) is 0 Å². The molecule has 1 aliphatic rings. The number of ether oxygens (including phenoxy) is 1. The lowest BCUT2D eigenvalue weighted by Crippen LogP contribution is -2.46. The molecule has 0 bridgehead atoms. The number of alkyl carbamates (subject to hydrolysis) is 1. The lowest BCUT2D eigenvalue weighted by Gasteiger charge is -2.38. The third-order valence-corrected chi connectivity index (χ3v) is 3.54. The van der Waals surface area contributed by atoms with Crippen LogP contribution in [0.15, 0.2) is 24.3 Å². The predicted octanol–water partition coefficient (Wildman–Crippen LogP) is 3.52. The van der Waals surface area contributed by atoms with Crippen LogP contribution in [0.2, 0.25) is 0 Å². The highest BCUT2D eigenvalue weighted by atomic mass is 127. The van der Waals surface area contributed by atoms with Crippen molar-refractivity contribution in [3.63, 3.8) is 0 Å². The Morgan fingerprint density at radius 2 is 1.94 bits per heavy atom. The average Bonchev–Trinajstić information content (AvgIpc) is 2.23. The summed E-state index contributed by atoms with van der Waals surface area (Å²) in [5, 5.41) is 2.88. The summed E-state index contributed by atoms with van der Waals surface area (Å²) >= 11 is 2.27. The van der Waals surface area contributed by atoms with E-state index in [2.05, 4.69) is 53.9 Å². The molecule has 1 atom stereocenters. The molecule has 94 valence electrons. The van der Waals surface area contributed by atoms with Crippen LogP contribution >= 0.6 is 35.0 Å². The summed E-state index contributed by atoms with van der Waals surface area (Å²) in [7, 11) is 0. The van der Waals surface area contributed by atoms with Crippen molar-refractivity contribution < 1.29 is 9.53 Å². The third-order valence-electron chi connectivity index (χ3n) is 2.82. The van der Waals surface area contributed by atoms with Gasteiger partial charge >= 0.3 is 6.09 Å². The third kappa shape index (κ3) is 3.25. The largest absolute Gasteiger partial charge is 0.449 e. The quantitative estimate of drug-likeness (QED) is 0.771. The Bertz CT molecular complexity index is 405. The maximum atomic E-state index is 11.3. The van der Waals surface area contributed by atoms with E-state index >= 15 is 0 Å². The summed E-state index contributed by atoms with van der Waals surface area (Å²) in [5.41, 5.74) is 1.04. The second-order valence-electron chi connectivity index (χ2n) is 4.69. The molecule has 0 unspecified atom stereocenters. The van der Waals surface area contributed by atoms with Crippen molar-refractivity contribution in [2.24, 2.45) is 5.41 Å². The first-order chi connectivity index (χ1) is 7.49. The van der Waals surface area contributed by atoms with E-state index in [-0.39, 0.29) is 30.0 Å². The fourth-order valence-corrected chi connectivity index (χ4v) is 2.24. The highest BCUT2D eigenvalue weighted by Gasteiger charge is 2.37. The number of hydrogen-bond donors (Lipinski definition) is 1. The molecule has 0 radical (unpaired) electrons. The van der Waals surface area contributed by atoms with Gasteiger partial charge in [0.15, 0.2) is 0 Å². The molecule has 17 heavy (non-hydrogen) atoms. The SMILES string of the molecule is CC1(C)COC(=O)N[C@@H]1c1ccc(I)cc1.Cl. The van der Waals surface area contributed by atoms with E-state index in [4.69, 9.17) is 4.74 Å². The van der Waals surface area contributed by atoms with E-state index in [0.717, 1.165) is 5.56 Å². The molecule has 1 fully saturated rings. The minimum atomic E-state index is -0.331. The molecule has 3 nitrogen and oxygen atoms in total. The number of cyclic esters (lactones) is 1. The van der Waals surface area contributed by atoms with Crippen molar-refractivity contribution in [3.05, 3.63) is 33.4 Å². The standard InChI is InChI=1S/C12H14INO2.ClH/c1-12(2)7-16-11(15)14-10(12)8-3-5-9(13)6-4-8;/h3-6,10H,7H2,1-2H3,(H,14,15);1H/t10-;/m1./s1. The molecule has 0 saturated carbocycles. The Morgan fingerprint density at radius 3 is 2.53 bits per heavy atom. The first kappa shape index (κ1) is 14.6. The number of halogens is 2. The molecule has 1 aromatic rings. The second kappa shape index (κ2) is 5.44. The molecule has 1 aliphatic heterocycles. The minimum absolute atomic E-state index is 0. The number of nitrogens with one attached hydrogen (secondary N) is 1. The van der Waals surface area contributed by atoms with E-state index < -0.39 is 0 Å². The van der Waals surface area contributed by atoms with Gasteiger partial charge in [-0.05, 0) is 40.3 Å². The molecule has 0 aliphatic carbocycles. The first-order valence-corrected chi connectivity index (χ1v) is 6.26. The first-order valence-electron chi connectivity index (χ1n) is 5.18. The number of amides is 1. The summed E-state index contributed by atoms with van der Waals surface area (Å²) in [6, 6.07) is 8.23. The van der Waals surface area contributed by atoms with E-state index in [1.807, 2.05) is 12.1 Å². The van der Waals surface area contributed by atoms with Gasteiger partial charge in [-0.25, -0.2) is 4.79 Å². The maximum absolute atomic E-state index is 11.3. The number of hydrogen-bond acceptors (Lipinski definition) is 2. The summed E-state index contributed by atoms with van der Waals surface area (Å²) in [5.74, 6) is 0. The van der Waals surface area contributed by atoms with Gasteiger partial charge in [0.05, 0.1) is 6.04 Å². The van der Waals surface area contributed by atoms with Crippen LogP contribution in [0, 0.1) is 8.99 Å². The van der Waals surface area contributed by atoms with E-state index in [9.17, 15) is 4.79 Å². The lowest BCUT2D eigenvalue weighted by atomic mass is 9.80. The van der Waals surface area contributed by atoms with Crippen LogP contribution < -0.4 is 5.32 Å². The van der Waals surface area contributed by atoms with Crippen molar-refractivity contribution in [1.82, 2.24) is 5.32 Å². The highest BCUT2D eigenvalue weighted by Crippen LogP contribution is 2.36. The molecular weight excluding hydrogens is 352 g/mol. The Morgan fingerprint density at radius 1 is 1.35 bits per heavy atom. The predicted molar refractivity (Wildman–Crippen MR) is 77.4 cm³/mol. The molecule has 1 N–H and O–H groups in total. The van der Waals surface area contributed by atoms with Crippen molar-refractivity contribution in [2.75, 3.05) is 6.61 Å². The number of carbonyl (C=O) groups is 1. The van der Waals surface area contributed by atoms with Gasteiger partial charge in [0.1, 0.15) is 6.61 Å². The summed E-state index contributed by atoms with van der Waals surface area (Å²) in [6.45, 7) is 4.64. The van der Waals surface area contributed by atoms with Gasteiger partial charge in [0.25, 0.3) is 0 Å². The van der Waals surface area contributed by atoms with Crippen LogP contribution in [0.1, 0.15) is 25.5 Å². The summed E-state index contributed by atoms with van der Waals surface area (Å²) < 4.78 is 6.21.